The summed E-state index contributed by atoms with van der Waals surface area (Å²) in [4.78, 5) is 30.7. The predicted molar refractivity (Wildman–Crippen MR) is 119 cm³/mol. The van der Waals surface area contributed by atoms with Gasteiger partial charge in [-0.25, -0.2) is 9.78 Å². The van der Waals surface area contributed by atoms with Gasteiger partial charge in [0.1, 0.15) is 5.00 Å². The predicted octanol–water partition coefficient (Wildman–Crippen LogP) is 5.27. The molecule has 0 aliphatic heterocycles. The average molecular weight is 445 g/mol. The number of esters is 1. The van der Waals surface area contributed by atoms with E-state index in [0.717, 1.165) is 40.4 Å². The number of amides is 1. The molecule has 0 fully saturated rings. The Hall–Kier alpha value is -2.16. The zero-order valence-electron chi connectivity index (χ0n) is 15.9. The highest BCUT2D eigenvalue weighted by Gasteiger charge is 2.28. The second kappa shape index (κ2) is 9.11. The number of nitrogens with one attached hydrogen (secondary N) is 1. The second-order valence-corrected chi connectivity index (χ2v) is 9.67. The van der Waals surface area contributed by atoms with Crippen molar-refractivity contribution in [2.24, 2.45) is 0 Å². The number of aromatic nitrogens is 1. The number of rotatable bonds is 7. The Labute approximate surface area is 181 Å². The Morgan fingerprint density at radius 1 is 1.24 bits per heavy atom. The van der Waals surface area contributed by atoms with Gasteiger partial charge in [0, 0.05) is 15.8 Å². The number of thiophene rings is 1. The van der Waals surface area contributed by atoms with Gasteiger partial charge in [-0.1, -0.05) is 42.1 Å². The lowest BCUT2D eigenvalue weighted by molar-refractivity contribution is -0.113. The van der Waals surface area contributed by atoms with Crippen LogP contribution in [0.25, 0.3) is 11.3 Å². The molecular weight excluding hydrogens is 424 g/mol. The third kappa shape index (κ3) is 4.55. The van der Waals surface area contributed by atoms with Crippen LogP contribution in [0.3, 0.4) is 0 Å². The van der Waals surface area contributed by atoms with E-state index in [0.29, 0.717) is 17.2 Å². The van der Waals surface area contributed by atoms with E-state index in [-0.39, 0.29) is 17.6 Å². The van der Waals surface area contributed by atoms with Crippen LogP contribution in [-0.4, -0.2) is 29.2 Å². The fraction of sp³-hybridized carbons (Fsp3) is 0.286. The van der Waals surface area contributed by atoms with Crippen molar-refractivity contribution in [1.82, 2.24) is 4.98 Å². The van der Waals surface area contributed by atoms with E-state index in [1.165, 1.54) is 39.3 Å². The number of nitrogens with zero attached hydrogens (tertiary/aromatic N) is 1. The first kappa shape index (κ1) is 20.1. The Bertz CT molecular complexity index is 1030. The molecule has 1 aromatic carbocycles. The molecule has 2 aromatic heterocycles. The lowest BCUT2D eigenvalue weighted by atomic mass is 10.1. The van der Waals surface area contributed by atoms with Gasteiger partial charge in [0.25, 0.3) is 0 Å². The van der Waals surface area contributed by atoms with E-state index in [4.69, 9.17) is 4.74 Å². The molecule has 5 nitrogen and oxygen atoms in total. The largest absolute Gasteiger partial charge is 0.462 e. The van der Waals surface area contributed by atoms with Crippen molar-refractivity contribution in [3.8, 4) is 11.3 Å². The van der Waals surface area contributed by atoms with Crippen LogP contribution in [0.1, 0.15) is 34.1 Å². The molecule has 0 unspecified atom stereocenters. The summed E-state index contributed by atoms with van der Waals surface area (Å²) in [5.74, 6) is -0.244. The summed E-state index contributed by atoms with van der Waals surface area (Å²) >= 11 is 4.43. The zero-order chi connectivity index (χ0) is 20.2. The maximum atomic E-state index is 12.5. The van der Waals surface area contributed by atoms with E-state index in [2.05, 4.69) is 10.3 Å². The number of benzene rings is 1. The van der Waals surface area contributed by atoms with Gasteiger partial charge in [0.2, 0.25) is 5.91 Å². The molecular formula is C21H20N2O3S3. The number of carbonyl (C=O) groups is 2. The molecule has 0 radical (unpaired) electrons. The van der Waals surface area contributed by atoms with Crippen LogP contribution in [0, 0.1) is 0 Å². The number of carbonyl (C=O) groups excluding carboxylic acids is 2. The van der Waals surface area contributed by atoms with E-state index < -0.39 is 0 Å². The molecule has 0 spiro atoms. The standard InChI is InChI=1S/C21H20N2O3S3/c1-2-26-20(25)18-14-9-6-10-16(14)29-19(18)23-17(24)12-28-21-22-15(11-27-21)13-7-4-3-5-8-13/h3-5,7-8,11H,2,6,9-10,12H2,1H3,(H,23,24). The van der Waals surface area contributed by atoms with E-state index in [9.17, 15) is 9.59 Å². The topological polar surface area (TPSA) is 68.3 Å². The van der Waals surface area contributed by atoms with Crippen LogP contribution in [-0.2, 0) is 22.4 Å². The number of fused-ring (bicyclic) bond motifs is 1. The quantitative estimate of drug-likeness (QED) is 0.397. The summed E-state index contributed by atoms with van der Waals surface area (Å²) in [7, 11) is 0. The first-order valence-corrected chi connectivity index (χ1v) is 12.1. The van der Waals surface area contributed by atoms with Crippen molar-refractivity contribution in [3.05, 3.63) is 51.7 Å². The van der Waals surface area contributed by atoms with Gasteiger partial charge >= 0.3 is 5.97 Å². The van der Waals surface area contributed by atoms with Crippen molar-refractivity contribution >= 4 is 51.3 Å². The van der Waals surface area contributed by atoms with Gasteiger partial charge in [-0.05, 0) is 31.7 Å². The van der Waals surface area contributed by atoms with Gasteiger partial charge in [-0.3, -0.25) is 4.79 Å². The number of aryl methyl sites for hydroxylation is 1. The Morgan fingerprint density at radius 3 is 2.86 bits per heavy atom. The molecule has 4 rings (SSSR count). The lowest BCUT2D eigenvalue weighted by Crippen LogP contribution is -2.16. The molecule has 1 amide bonds. The van der Waals surface area contributed by atoms with Crippen molar-refractivity contribution in [3.63, 3.8) is 0 Å². The van der Waals surface area contributed by atoms with Gasteiger partial charge in [0.05, 0.1) is 23.6 Å². The molecule has 1 N–H and O–H groups in total. The van der Waals surface area contributed by atoms with Crippen LogP contribution in [0.5, 0.6) is 0 Å². The minimum absolute atomic E-state index is 0.142. The fourth-order valence-electron chi connectivity index (χ4n) is 3.27. The van der Waals surface area contributed by atoms with Crippen molar-refractivity contribution < 1.29 is 14.3 Å². The Kier molecular flexibility index (Phi) is 6.32. The maximum absolute atomic E-state index is 12.5. The second-order valence-electron chi connectivity index (χ2n) is 6.48. The van der Waals surface area contributed by atoms with Gasteiger partial charge in [0.15, 0.2) is 4.34 Å². The number of anilines is 1. The fourth-order valence-corrected chi connectivity index (χ4v) is 6.20. The van der Waals surface area contributed by atoms with Gasteiger partial charge in [-0.15, -0.1) is 22.7 Å². The highest BCUT2D eigenvalue weighted by molar-refractivity contribution is 8.01. The van der Waals surface area contributed by atoms with Crippen LogP contribution >= 0.6 is 34.4 Å². The minimum atomic E-state index is -0.345. The number of thioether (sulfide) groups is 1. The Balaban J connectivity index is 1.41. The molecule has 150 valence electrons. The van der Waals surface area contributed by atoms with Gasteiger partial charge < -0.3 is 10.1 Å². The molecule has 8 heteroatoms. The molecule has 2 heterocycles. The molecule has 0 atom stereocenters. The van der Waals surface area contributed by atoms with E-state index in [1.807, 2.05) is 35.7 Å². The smallest absolute Gasteiger partial charge is 0.341 e. The monoisotopic (exact) mass is 444 g/mol. The highest BCUT2D eigenvalue weighted by atomic mass is 32.2. The molecule has 3 aromatic rings. The van der Waals surface area contributed by atoms with Crippen LogP contribution in [0.2, 0.25) is 0 Å². The van der Waals surface area contributed by atoms with Crippen molar-refractivity contribution in [2.75, 3.05) is 17.7 Å². The average Bonchev–Trinajstić information content (AvgIpc) is 3.43. The number of hydrogen-bond donors (Lipinski definition) is 1. The number of hydrogen-bond acceptors (Lipinski definition) is 7. The third-order valence-electron chi connectivity index (χ3n) is 4.53. The summed E-state index contributed by atoms with van der Waals surface area (Å²) < 4.78 is 6.06. The van der Waals surface area contributed by atoms with Crippen molar-refractivity contribution in [1.29, 1.82) is 0 Å². The molecule has 0 saturated heterocycles. The van der Waals surface area contributed by atoms with Crippen molar-refractivity contribution in [2.45, 2.75) is 30.5 Å². The Morgan fingerprint density at radius 2 is 2.07 bits per heavy atom. The summed E-state index contributed by atoms with van der Waals surface area (Å²) in [5, 5.41) is 5.53. The minimum Gasteiger partial charge on any atom is -0.462 e. The summed E-state index contributed by atoms with van der Waals surface area (Å²) in [5.41, 5.74) is 3.57. The summed E-state index contributed by atoms with van der Waals surface area (Å²) in [6.45, 7) is 2.11. The molecule has 1 aliphatic rings. The molecule has 29 heavy (non-hydrogen) atoms. The maximum Gasteiger partial charge on any atom is 0.341 e. The first-order chi connectivity index (χ1) is 14.2. The van der Waals surface area contributed by atoms with Crippen LogP contribution in [0.4, 0.5) is 5.00 Å². The summed E-state index contributed by atoms with van der Waals surface area (Å²) in [6.07, 6.45) is 2.87. The molecule has 1 aliphatic carbocycles. The molecule has 0 bridgehead atoms. The van der Waals surface area contributed by atoms with Crippen LogP contribution < -0.4 is 5.32 Å². The molecule has 0 saturated carbocycles. The number of thiazole rings is 1. The zero-order valence-corrected chi connectivity index (χ0v) is 18.3. The first-order valence-electron chi connectivity index (χ1n) is 9.41. The summed E-state index contributed by atoms with van der Waals surface area (Å²) in [6, 6.07) is 9.97. The van der Waals surface area contributed by atoms with Crippen LogP contribution in [0.15, 0.2) is 40.1 Å². The lowest BCUT2D eigenvalue weighted by Gasteiger charge is -2.07. The third-order valence-corrected chi connectivity index (χ3v) is 7.76. The number of ether oxygens (including phenoxy) is 1. The van der Waals surface area contributed by atoms with E-state index >= 15 is 0 Å². The van der Waals surface area contributed by atoms with Gasteiger partial charge in [-0.2, -0.15) is 0 Å². The SMILES string of the molecule is CCOC(=O)c1c(NC(=O)CSc2nc(-c3ccccc3)cs2)sc2c1CCC2. The highest BCUT2D eigenvalue weighted by Crippen LogP contribution is 2.39. The van der Waals surface area contributed by atoms with E-state index in [1.54, 1.807) is 6.92 Å². The normalized spacial score (nSPS) is 12.6.